The number of carbonyl (C=O) groups is 1. The molecule has 25 heavy (non-hydrogen) atoms. The topological polar surface area (TPSA) is 35.5 Å². The molecule has 0 aliphatic rings. The molecule has 0 saturated carbocycles. The average Bonchev–Trinajstić information content (AvgIpc) is 2.64. The lowest BCUT2D eigenvalue weighted by Gasteiger charge is -2.09. The van der Waals surface area contributed by atoms with Crippen LogP contribution in [0.5, 0.6) is 11.5 Å². The summed E-state index contributed by atoms with van der Waals surface area (Å²) in [6.07, 6.45) is 0. The van der Waals surface area contributed by atoms with E-state index in [4.69, 9.17) is 9.47 Å². The van der Waals surface area contributed by atoms with E-state index in [-0.39, 0.29) is 12.6 Å². The molecule has 3 aromatic rings. The molecule has 0 bridgehead atoms. The van der Waals surface area contributed by atoms with E-state index >= 15 is 0 Å². The molecule has 3 aromatic carbocycles. The van der Waals surface area contributed by atoms with Crippen molar-refractivity contribution in [2.75, 3.05) is 0 Å². The number of benzene rings is 3. The molecular weight excluding hydrogens is 312 g/mol. The number of esters is 1. The molecule has 0 unspecified atom stereocenters. The first-order valence-corrected chi connectivity index (χ1v) is 8.18. The van der Waals surface area contributed by atoms with E-state index in [0.29, 0.717) is 11.3 Å². The Morgan fingerprint density at radius 2 is 1.52 bits per heavy atom. The van der Waals surface area contributed by atoms with E-state index in [2.05, 4.69) is 0 Å². The van der Waals surface area contributed by atoms with Gasteiger partial charge in [0.1, 0.15) is 18.1 Å². The molecule has 3 nitrogen and oxygen atoms in total. The van der Waals surface area contributed by atoms with Crippen molar-refractivity contribution in [3.63, 3.8) is 0 Å². The molecule has 3 heteroatoms. The molecule has 0 radical (unpaired) electrons. The Balaban J connectivity index is 1.62. The number of rotatable bonds is 5. The van der Waals surface area contributed by atoms with Crippen LogP contribution in [-0.2, 0) is 11.3 Å². The smallest absolute Gasteiger partial charge is 0.338 e. The van der Waals surface area contributed by atoms with Crippen LogP contribution < -0.4 is 4.74 Å². The lowest BCUT2D eigenvalue weighted by Crippen LogP contribution is -2.06. The second-order valence-electron chi connectivity index (χ2n) is 5.95. The van der Waals surface area contributed by atoms with Gasteiger partial charge in [0.25, 0.3) is 0 Å². The second kappa shape index (κ2) is 7.67. The zero-order valence-electron chi connectivity index (χ0n) is 14.4. The van der Waals surface area contributed by atoms with E-state index < -0.39 is 0 Å². The van der Waals surface area contributed by atoms with Crippen molar-refractivity contribution in [1.29, 1.82) is 0 Å². The fourth-order valence-electron chi connectivity index (χ4n) is 2.47. The highest BCUT2D eigenvalue weighted by atomic mass is 16.5. The zero-order valence-corrected chi connectivity index (χ0v) is 14.4. The molecule has 0 aliphatic carbocycles. The van der Waals surface area contributed by atoms with Gasteiger partial charge in [-0.3, -0.25) is 0 Å². The fraction of sp³-hybridized carbons (Fsp3) is 0.136. The highest BCUT2D eigenvalue weighted by molar-refractivity contribution is 5.89. The molecule has 126 valence electrons. The number of ether oxygens (including phenoxy) is 2. The molecule has 0 spiro atoms. The van der Waals surface area contributed by atoms with Crippen LogP contribution in [0.25, 0.3) is 0 Å². The molecule has 0 atom stereocenters. The van der Waals surface area contributed by atoms with Crippen molar-refractivity contribution in [3.8, 4) is 11.5 Å². The second-order valence-corrected chi connectivity index (χ2v) is 5.95. The lowest BCUT2D eigenvalue weighted by molar-refractivity contribution is 0.0472. The van der Waals surface area contributed by atoms with Crippen molar-refractivity contribution >= 4 is 5.97 Å². The highest BCUT2D eigenvalue weighted by Gasteiger charge is 2.09. The predicted molar refractivity (Wildman–Crippen MR) is 98.0 cm³/mol. The standard InChI is InChI=1S/C22H20O3/c1-16-8-9-17(2)19(14-16)15-24-22(23)18-10-12-21(13-11-18)25-20-6-4-3-5-7-20/h3-14H,15H2,1-2H3. The first kappa shape index (κ1) is 16.8. The van der Waals surface area contributed by atoms with Gasteiger partial charge in [-0.1, -0.05) is 42.0 Å². The first-order valence-electron chi connectivity index (χ1n) is 8.18. The Morgan fingerprint density at radius 1 is 0.840 bits per heavy atom. The van der Waals surface area contributed by atoms with Crippen molar-refractivity contribution < 1.29 is 14.3 Å². The van der Waals surface area contributed by atoms with Crippen molar-refractivity contribution in [1.82, 2.24) is 0 Å². The summed E-state index contributed by atoms with van der Waals surface area (Å²) >= 11 is 0. The van der Waals surface area contributed by atoms with Crippen LogP contribution in [0.1, 0.15) is 27.0 Å². The Kier molecular flexibility index (Phi) is 5.14. The Morgan fingerprint density at radius 3 is 2.24 bits per heavy atom. The van der Waals surface area contributed by atoms with Gasteiger partial charge in [0, 0.05) is 0 Å². The summed E-state index contributed by atoms with van der Waals surface area (Å²) < 4.78 is 11.1. The molecule has 0 heterocycles. The Labute approximate surface area is 147 Å². The van der Waals surface area contributed by atoms with E-state index in [1.165, 1.54) is 0 Å². The van der Waals surface area contributed by atoms with E-state index in [0.717, 1.165) is 22.4 Å². The largest absolute Gasteiger partial charge is 0.457 e. The number of carbonyl (C=O) groups excluding carboxylic acids is 1. The average molecular weight is 332 g/mol. The summed E-state index contributed by atoms with van der Waals surface area (Å²) in [5, 5.41) is 0. The first-order chi connectivity index (χ1) is 12.1. The van der Waals surface area contributed by atoms with Crippen LogP contribution in [-0.4, -0.2) is 5.97 Å². The van der Waals surface area contributed by atoms with Crippen LogP contribution in [0, 0.1) is 13.8 Å². The van der Waals surface area contributed by atoms with E-state index in [1.54, 1.807) is 24.3 Å². The van der Waals surface area contributed by atoms with Gasteiger partial charge in [0.15, 0.2) is 0 Å². The van der Waals surface area contributed by atoms with Gasteiger partial charge in [-0.05, 0) is 61.4 Å². The lowest BCUT2D eigenvalue weighted by atomic mass is 10.1. The quantitative estimate of drug-likeness (QED) is 0.583. The summed E-state index contributed by atoms with van der Waals surface area (Å²) in [6.45, 7) is 4.31. The molecule has 0 N–H and O–H groups in total. The summed E-state index contributed by atoms with van der Waals surface area (Å²) in [4.78, 5) is 12.2. The molecule has 0 aromatic heterocycles. The third-order valence-corrected chi connectivity index (χ3v) is 3.93. The number of hydrogen-bond donors (Lipinski definition) is 0. The molecular formula is C22H20O3. The molecule has 0 saturated heterocycles. The van der Waals surface area contributed by atoms with Gasteiger partial charge in [0.2, 0.25) is 0 Å². The third-order valence-electron chi connectivity index (χ3n) is 3.93. The summed E-state index contributed by atoms with van der Waals surface area (Å²) in [5.74, 6) is 1.09. The van der Waals surface area contributed by atoms with Crippen molar-refractivity contribution in [3.05, 3.63) is 95.1 Å². The summed E-state index contributed by atoms with van der Waals surface area (Å²) in [6, 6.07) is 22.6. The molecule has 0 fully saturated rings. The molecule has 3 rings (SSSR count). The summed E-state index contributed by atoms with van der Waals surface area (Å²) in [7, 11) is 0. The number of aryl methyl sites for hydroxylation is 2. The van der Waals surface area contributed by atoms with Gasteiger partial charge in [-0.25, -0.2) is 4.79 Å². The Bertz CT molecular complexity index is 852. The molecule has 0 amide bonds. The minimum absolute atomic E-state index is 0.272. The van der Waals surface area contributed by atoms with Crippen LogP contribution in [0.15, 0.2) is 72.8 Å². The maximum Gasteiger partial charge on any atom is 0.338 e. The highest BCUT2D eigenvalue weighted by Crippen LogP contribution is 2.21. The SMILES string of the molecule is Cc1ccc(C)c(COC(=O)c2ccc(Oc3ccccc3)cc2)c1. The summed E-state index contributed by atoms with van der Waals surface area (Å²) in [5.41, 5.74) is 3.80. The van der Waals surface area contributed by atoms with Gasteiger partial charge in [-0.2, -0.15) is 0 Å². The fourth-order valence-corrected chi connectivity index (χ4v) is 2.47. The Hall–Kier alpha value is -3.07. The van der Waals surface area contributed by atoms with Crippen LogP contribution >= 0.6 is 0 Å². The van der Waals surface area contributed by atoms with Crippen molar-refractivity contribution in [2.45, 2.75) is 20.5 Å². The minimum atomic E-state index is -0.341. The van der Waals surface area contributed by atoms with E-state index in [9.17, 15) is 4.79 Å². The van der Waals surface area contributed by atoms with Gasteiger partial charge in [-0.15, -0.1) is 0 Å². The maximum atomic E-state index is 12.2. The van der Waals surface area contributed by atoms with Crippen LogP contribution in [0.2, 0.25) is 0 Å². The van der Waals surface area contributed by atoms with Gasteiger partial charge < -0.3 is 9.47 Å². The van der Waals surface area contributed by atoms with Gasteiger partial charge >= 0.3 is 5.97 Å². The van der Waals surface area contributed by atoms with Gasteiger partial charge in [0.05, 0.1) is 5.56 Å². The predicted octanol–water partition coefficient (Wildman–Crippen LogP) is 5.45. The van der Waals surface area contributed by atoms with Crippen LogP contribution in [0.4, 0.5) is 0 Å². The number of hydrogen-bond acceptors (Lipinski definition) is 3. The zero-order chi connectivity index (χ0) is 17.6. The van der Waals surface area contributed by atoms with E-state index in [1.807, 2.05) is 62.4 Å². The minimum Gasteiger partial charge on any atom is -0.457 e. The number of para-hydroxylation sites is 1. The van der Waals surface area contributed by atoms with Crippen molar-refractivity contribution in [2.24, 2.45) is 0 Å². The monoisotopic (exact) mass is 332 g/mol. The third kappa shape index (κ3) is 4.48. The van der Waals surface area contributed by atoms with Crippen LogP contribution in [0.3, 0.4) is 0 Å². The maximum absolute atomic E-state index is 12.2. The normalized spacial score (nSPS) is 10.3. The molecule has 0 aliphatic heterocycles.